The maximum Gasteiger partial charge on any atom is 0.416 e. The van der Waals surface area contributed by atoms with E-state index in [-0.39, 0.29) is 24.8 Å². The summed E-state index contributed by atoms with van der Waals surface area (Å²) in [5, 5.41) is 12.9. The van der Waals surface area contributed by atoms with Crippen LogP contribution in [-0.2, 0) is 17.4 Å². The molecule has 3 aromatic rings. The molecule has 0 amide bonds. The van der Waals surface area contributed by atoms with E-state index in [1.54, 1.807) is 30.3 Å². The molecule has 0 spiro atoms. The quantitative estimate of drug-likeness (QED) is 0.289. The molecule has 0 radical (unpaired) electrons. The summed E-state index contributed by atoms with van der Waals surface area (Å²) in [6, 6.07) is 16.3. The van der Waals surface area contributed by atoms with Crippen molar-refractivity contribution in [3.05, 3.63) is 87.9 Å². The molecule has 0 aliphatic heterocycles. The van der Waals surface area contributed by atoms with Crippen LogP contribution in [0.15, 0.2) is 60.7 Å². The van der Waals surface area contributed by atoms with Crippen LogP contribution in [0.1, 0.15) is 41.6 Å². The topological polar surface area (TPSA) is 58.6 Å². The minimum absolute atomic E-state index is 0.00819. The van der Waals surface area contributed by atoms with E-state index in [1.165, 1.54) is 0 Å². The first-order valence-electron chi connectivity index (χ1n) is 11.2. The van der Waals surface area contributed by atoms with Crippen molar-refractivity contribution in [3.8, 4) is 16.9 Å². The van der Waals surface area contributed by atoms with Gasteiger partial charge in [0.1, 0.15) is 12.4 Å². The average Bonchev–Trinajstić information content (AvgIpc) is 2.80. The second-order valence-corrected chi connectivity index (χ2v) is 8.79. The van der Waals surface area contributed by atoms with Crippen LogP contribution >= 0.6 is 11.6 Å². The molecule has 0 aliphatic carbocycles. The summed E-state index contributed by atoms with van der Waals surface area (Å²) in [5.41, 5.74) is 2.78. The first-order valence-corrected chi connectivity index (χ1v) is 11.6. The molecule has 186 valence electrons. The Kier molecular flexibility index (Phi) is 8.81. The third-order valence-electron chi connectivity index (χ3n) is 5.69. The predicted molar refractivity (Wildman–Crippen MR) is 131 cm³/mol. The second kappa shape index (κ2) is 11.6. The van der Waals surface area contributed by atoms with E-state index in [2.05, 4.69) is 5.32 Å². The summed E-state index contributed by atoms with van der Waals surface area (Å²) in [4.78, 5) is 10.9. The van der Waals surface area contributed by atoms with Gasteiger partial charge < -0.3 is 15.2 Å². The van der Waals surface area contributed by atoms with E-state index in [9.17, 15) is 18.0 Å². The lowest BCUT2D eigenvalue weighted by atomic mass is 9.96. The van der Waals surface area contributed by atoms with Crippen molar-refractivity contribution in [2.75, 3.05) is 13.2 Å². The van der Waals surface area contributed by atoms with Crippen molar-refractivity contribution in [1.82, 2.24) is 5.32 Å². The lowest BCUT2D eigenvalue weighted by Gasteiger charge is -2.17. The Balaban J connectivity index is 1.75. The first-order chi connectivity index (χ1) is 16.5. The summed E-state index contributed by atoms with van der Waals surface area (Å²) in [6.07, 6.45) is -4.29. The highest BCUT2D eigenvalue weighted by Gasteiger charge is 2.31. The number of halogens is 4. The molecule has 3 aromatic carbocycles. The highest BCUT2D eigenvalue weighted by molar-refractivity contribution is 6.30. The largest absolute Gasteiger partial charge is 0.492 e. The smallest absolute Gasteiger partial charge is 0.416 e. The normalized spacial score (nSPS) is 12.4. The fraction of sp³-hybridized carbons (Fsp3) is 0.296. The zero-order valence-corrected chi connectivity index (χ0v) is 20.2. The van der Waals surface area contributed by atoms with Crippen LogP contribution in [0.5, 0.6) is 5.75 Å². The second-order valence-electron chi connectivity index (χ2n) is 8.36. The molecule has 0 saturated carbocycles. The molecular formula is C27H27ClF3NO3. The molecule has 3 rings (SSSR count). The Morgan fingerprint density at radius 1 is 1.09 bits per heavy atom. The van der Waals surface area contributed by atoms with Gasteiger partial charge in [0.05, 0.1) is 5.56 Å². The number of rotatable bonds is 10. The monoisotopic (exact) mass is 505 g/mol. The summed E-state index contributed by atoms with van der Waals surface area (Å²) in [5.74, 6) is -0.817. The molecule has 0 heterocycles. The van der Waals surface area contributed by atoms with Crippen LogP contribution in [0, 0.1) is 6.92 Å². The molecule has 0 aliphatic rings. The molecule has 8 heteroatoms. The third kappa shape index (κ3) is 7.73. The Morgan fingerprint density at radius 2 is 1.86 bits per heavy atom. The maximum absolute atomic E-state index is 13.6. The Morgan fingerprint density at radius 3 is 2.54 bits per heavy atom. The van der Waals surface area contributed by atoms with Gasteiger partial charge >= 0.3 is 12.1 Å². The Bertz CT molecular complexity index is 1180. The van der Waals surface area contributed by atoms with Crippen LogP contribution in [0.25, 0.3) is 11.1 Å². The number of carboxylic acids is 1. The SMILES string of the molecule is Cc1ccc(-c2cc(OCCN[C@H](C)c3cccc(Cl)c3)cc(C(F)(F)F)c2)cc1CCC(=O)O. The number of ether oxygens (including phenoxy) is 1. The zero-order chi connectivity index (χ0) is 25.6. The summed E-state index contributed by atoms with van der Waals surface area (Å²) in [7, 11) is 0. The van der Waals surface area contributed by atoms with Gasteiger partial charge in [0, 0.05) is 24.0 Å². The first kappa shape index (κ1) is 26.6. The van der Waals surface area contributed by atoms with E-state index < -0.39 is 17.7 Å². The number of nitrogens with one attached hydrogen (secondary N) is 1. The minimum atomic E-state index is -4.54. The van der Waals surface area contributed by atoms with Crippen molar-refractivity contribution in [2.45, 2.75) is 38.9 Å². The van der Waals surface area contributed by atoms with E-state index in [1.807, 2.05) is 32.0 Å². The molecular weight excluding hydrogens is 479 g/mol. The van der Waals surface area contributed by atoms with E-state index in [0.717, 1.165) is 28.8 Å². The van der Waals surface area contributed by atoms with Crippen molar-refractivity contribution in [1.29, 1.82) is 0 Å². The number of alkyl halides is 3. The predicted octanol–water partition coefficient (Wildman–Crippen LogP) is 7.08. The number of aryl methyl sites for hydroxylation is 2. The van der Waals surface area contributed by atoms with Gasteiger partial charge in [0.15, 0.2) is 0 Å². The van der Waals surface area contributed by atoms with Gasteiger partial charge in [-0.2, -0.15) is 13.2 Å². The molecule has 0 aromatic heterocycles. The van der Waals surface area contributed by atoms with Gasteiger partial charge in [-0.3, -0.25) is 4.79 Å². The third-order valence-corrected chi connectivity index (χ3v) is 5.93. The van der Waals surface area contributed by atoms with Crippen molar-refractivity contribution >= 4 is 17.6 Å². The summed E-state index contributed by atoms with van der Waals surface area (Å²) < 4.78 is 46.4. The van der Waals surface area contributed by atoms with Crippen LogP contribution < -0.4 is 10.1 Å². The number of hydrogen-bond acceptors (Lipinski definition) is 3. The molecule has 0 fully saturated rings. The van der Waals surface area contributed by atoms with E-state index in [4.69, 9.17) is 21.4 Å². The lowest BCUT2D eigenvalue weighted by Crippen LogP contribution is -2.24. The van der Waals surface area contributed by atoms with Gasteiger partial charge in [-0.05, 0) is 78.4 Å². The zero-order valence-electron chi connectivity index (χ0n) is 19.5. The molecule has 4 nitrogen and oxygen atoms in total. The van der Waals surface area contributed by atoms with Crippen molar-refractivity contribution in [3.63, 3.8) is 0 Å². The standard InChI is InChI=1S/C27H27ClF3NO3/c1-17-6-7-21(12-19(17)8-9-26(33)34)22-13-23(27(29,30)31)16-25(15-22)35-11-10-32-18(2)20-4-3-5-24(28)14-20/h3-7,12-16,18,32H,8-11H2,1-2H3,(H,33,34)/t18-/m1/s1. The summed E-state index contributed by atoms with van der Waals surface area (Å²) >= 11 is 6.03. The number of carbonyl (C=O) groups is 1. The van der Waals surface area contributed by atoms with E-state index >= 15 is 0 Å². The van der Waals surface area contributed by atoms with Gasteiger partial charge in [0.2, 0.25) is 0 Å². The molecule has 35 heavy (non-hydrogen) atoms. The highest BCUT2D eigenvalue weighted by atomic mass is 35.5. The number of hydrogen-bond donors (Lipinski definition) is 2. The molecule has 0 unspecified atom stereocenters. The molecule has 0 saturated heterocycles. The maximum atomic E-state index is 13.6. The number of benzene rings is 3. The Hall–Kier alpha value is -3.03. The van der Waals surface area contributed by atoms with Crippen LogP contribution in [0.4, 0.5) is 13.2 Å². The number of carboxylic acid groups (broad SMARTS) is 1. The Labute approximate surface area is 207 Å². The van der Waals surface area contributed by atoms with Gasteiger partial charge in [0.25, 0.3) is 0 Å². The van der Waals surface area contributed by atoms with Gasteiger partial charge in [-0.1, -0.05) is 41.9 Å². The molecule has 0 bridgehead atoms. The van der Waals surface area contributed by atoms with Gasteiger partial charge in [-0.25, -0.2) is 0 Å². The highest BCUT2D eigenvalue weighted by Crippen LogP contribution is 2.36. The number of aliphatic carboxylic acids is 1. The fourth-order valence-corrected chi connectivity index (χ4v) is 3.91. The van der Waals surface area contributed by atoms with Crippen molar-refractivity contribution in [2.24, 2.45) is 0 Å². The van der Waals surface area contributed by atoms with Crippen LogP contribution in [-0.4, -0.2) is 24.2 Å². The lowest BCUT2D eigenvalue weighted by molar-refractivity contribution is -0.138. The van der Waals surface area contributed by atoms with Crippen molar-refractivity contribution < 1.29 is 27.8 Å². The average molecular weight is 506 g/mol. The van der Waals surface area contributed by atoms with E-state index in [0.29, 0.717) is 29.1 Å². The van der Waals surface area contributed by atoms with Crippen LogP contribution in [0.2, 0.25) is 5.02 Å². The minimum Gasteiger partial charge on any atom is -0.492 e. The fourth-order valence-electron chi connectivity index (χ4n) is 3.71. The molecule has 1 atom stereocenters. The molecule has 2 N–H and O–H groups in total. The van der Waals surface area contributed by atoms with Crippen LogP contribution in [0.3, 0.4) is 0 Å². The van der Waals surface area contributed by atoms with Gasteiger partial charge in [-0.15, -0.1) is 0 Å². The summed E-state index contributed by atoms with van der Waals surface area (Å²) in [6.45, 7) is 4.40.